The van der Waals surface area contributed by atoms with Gasteiger partial charge in [0.05, 0.1) is 16.4 Å². The predicted octanol–water partition coefficient (Wildman–Crippen LogP) is 2.97. The summed E-state index contributed by atoms with van der Waals surface area (Å²) < 4.78 is 2.99. The largest absolute Gasteiger partial charge is 0.300 e. The predicted molar refractivity (Wildman–Crippen MR) is 63.8 cm³/mol. The normalized spacial score (nSPS) is 10.6. The minimum absolute atomic E-state index is 0.311. The number of aryl methyl sites for hydroxylation is 1. The monoisotopic (exact) mass is 272 g/mol. The lowest BCUT2D eigenvalue weighted by Gasteiger charge is -2.05. The fraction of sp³-hybridized carbons (Fsp3) is 0.636. The van der Waals surface area contributed by atoms with Gasteiger partial charge in [-0.3, -0.25) is 9.48 Å². The number of hydrogen-bond donors (Lipinski definition) is 0. The van der Waals surface area contributed by atoms with Crippen LogP contribution >= 0.6 is 15.9 Å². The Kier molecular flexibility index (Phi) is 5.02. The van der Waals surface area contributed by atoms with Gasteiger partial charge in [0.1, 0.15) is 5.78 Å². The number of halogens is 1. The number of ketones is 1. The summed E-state index contributed by atoms with van der Waals surface area (Å²) in [4.78, 5) is 11.2. The standard InChI is InChI=1S/C11H17BrN2O/c1-3-7-14-11(10(12)8-13-14)6-5-9(15)4-2/h8H,3-7H2,1-2H3. The first-order valence-corrected chi connectivity index (χ1v) is 6.20. The van der Waals surface area contributed by atoms with Crippen molar-refractivity contribution in [1.82, 2.24) is 9.78 Å². The molecule has 0 fully saturated rings. The van der Waals surface area contributed by atoms with Crippen molar-refractivity contribution in [2.75, 3.05) is 0 Å². The van der Waals surface area contributed by atoms with Crippen molar-refractivity contribution in [1.29, 1.82) is 0 Å². The van der Waals surface area contributed by atoms with E-state index < -0.39 is 0 Å². The minimum atomic E-state index is 0.311. The molecule has 1 rings (SSSR count). The zero-order chi connectivity index (χ0) is 11.3. The first kappa shape index (κ1) is 12.4. The van der Waals surface area contributed by atoms with Gasteiger partial charge in [0.2, 0.25) is 0 Å². The second-order valence-corrected chi connectivity index (χ2v) is 4.41. The fourth-order valence-electron chi connectivity index (χ4n) is 1.48. The highest BCUT2D eigenvalue weighted by atomic mass is 79.9. The summed E-state index contributed by atoms with van der Waals surface area (Å²) in [6, 6.07) is 0. The molecular weight excluding hydrogens is 256 g/mol. The van der Waals surface area contributed by atoms with E-state index in [4.69, 9.17) is 0 Å². The molecule has 0 spiro atoms. The molecular formula is C11H17BrN2O. The van der Waals surface area contributed by atoms with Gasteiger partial charge in [-0.25, -0.2) is 0 Å². The van der Waals surface area contributed by atoms with Crippen LogP contribution in [0.3, 0.4) is 0 Å². The van der Waals surface area contributed by atoms with E-state index >= 15 is 0 Å². The molecule has 84 valence electrons. The number of Topliss-reactive ketones (excluding diaryl/α,β-unsaturated/α-hetero) is 1. The number of carbonyl (C=O) groups is 1. The van der Waals surface area contributed by atoms with Crippen molar-refractivity contribution in [3.05, 3.63) is 16.4 Å². The Balaban J connectivity index is 2.65. The fourth-order valence-corrected chi connectivity index (χ4v) is 1.97. The minimum Gasteiger partial charge on any atom is -0.300 e. The van der Waals surface area contributed by atoms with Gasteiger partial charge in [0, 0.05) is 19.4 Å². The van der Waals surface area contributed by atoms with Crippen molar-refractivity contribution in [2.45, 2.75) is 46.1 Å². The van der Waals surface area contributed by atoms with Crippen molar-refractivity contribution >= 4 is 21.7 Å². The van der Waals surface area contributed by atoms with Crippen molar-refractivity contribution in [3.63, 3.8) is 0 Å². The molecule has 1 aromatic heterocycles. The quantitative estimate of drug-likeness (QED) is 0.798. The van der Waals surface area contributed by atoms with Crippen LogP contribution in [0.2, 0.25) is 0 Å². The van der Waals surface area contributed by atoms with Gasteiger partial charge < -0.3 is 0 Å². The van der Waals surface area contributed by atoms with E-state index in [1.54, 1.807) is 6.20 Å². The highest BCUT2D eigenvalue weighted by Gasteiger charge is 2.09. The number of hydrogen-bond acceptors (Lipinski definition) is 2. The molecule has 4 heteroatoms. The molecule has 0 saturated heterocycles. The summed E-state index contributed by atoms with van der Waals surface area (Å²) in [7, 11) is 0. The van der Waals surface area contributed by atoms with Crippen LogP contribution in [-0.4, -0.2) is 15.6 Å². The van der Waals surface area contributed by atoms with Gasteiger partial charge in [-0.15, -0.1) is 0 Å². The van der Waals surface area contributed by atoms with Gasteiger partial charge in [-0.2, -0.15) is 5.10 Å². The molecule has 0 aliphatic heterocycles. The molecule has 15 heavy (non-hydrogen) atoms. The lowest BCUT2D eigenvalue weighted by atomic mass is 10.1. The van der Waals surface area contributed by atoms with E-state index in [9.17, 15) is 4.79 Å². The molecule has 0 bridgehead atoms. The number of rotatable bonds is 6. The van der Waals surface area contributed by atoms with Crippen LogP contribution in [0.5, 0.6) is 0 Å². The SMILES string of the molecule is CCCn1ncc(Br)c1CCC(=O)CC. The number of carbonyl (C=O) groups excluding carboxylic acids is 1. The van der Waals surface area contributed by atoms with Crippen LogP contribution in [0.25, 0.3) is 0 Å². The molecule has 0 unspecified atom stereocenters. The lowest BCUT2D eigenvalue weighted by molar-refractivity contribution is -0.118. The summed E-state index contributed by atoms with van der Waals surface area (Å²) in [6.07, 6.45) is 4.89. The Hall–Kier alpha value is -0.640. The third kappa shape index (κ3) is 3.45. The number of aromatic nitrogens is 2. The van der Waals surface area contributed by atoms with Crippen LogP contribution < -0.4 is 0 Å². The second-order valence-electron chi connectivity index (χ2n) is 3.55. The first-order chi connectivity index (χ1) is 7.19. The van der Waals surface area contributed by atoms with Crippen LogP contribution in [-0.2, 0) is 17.8 Å². The molecule has 0 atom stereocenters. The molecule has 0 radical (unpaired) electrons. The smallest absolute Gasteiger partial charge is 0.133 e. The Bertz CT molecular complexity index is 333. The second kappa shape index (κ2) is 6.05. The molecule has 3 nitrogen and oxygen atoms in total. The van der Waals surface area contributed by atoms with Crippen LogP contribution in [0.15, 0.2) is 10.7 Å². The van der Waals surface area contributed by atoms with E-state index in [2.05, 4.69) is 28.0 Å². The Morgan fingerprint density at radius 3 is 2.87 bits per heavy atom. The Morgan fingerprint density at radius 2 is 2.27 bits per heavy atom. The van der Waals surface area contributed by atoms with Crippen LogP contribution in [0.4, 0.5) is 0 Å². The summed E-state index contributed by atoms with van der Waals surface area (Å²) in [5, 5.41) is 4.27. The van der Waals surface area contributed by atoms with E-state index in [1.165, 1.54) is 0 Å². The van der Waals surface area contributed by atoms with E-state index in [1.807, 2.05) is 11.6 Å². The van der Waals surface area contributed by atoms with E-state index in [0.29, 0.717) is 18.6 Å². The van der Waals surface area contributed by atoms with Crippen LogP contribution in [0, 0.1) is 0 Å². The summed E-state index contributed by atoms with van der Waals surface area (Å²) >= 11 is 3.46. The average Bonchev–Trinajstić information content (AvgIpc) is 2.57. The van der Waals surface area contributed by atoms with Gasteiger partial charge in [0.15, 0.2) is 0 Å². The summed E-state index contributed by atoms with van der Waals surface area (Å²) in [5.41, 5.74) is 1.14. The van der Waals surface area contributed by atoms with E-state index in [0.717, 1.165) is 29.6 Å². The molecule has 0 amide bonds. The van der Waals surface area contributed by atoms with Gasteiger partial charge in [-0.05, 0) is 28.8 Å². The number of nitrogens with zero attached hydrogens (tertiary/aromatic N) is 2. The van der Waals surface area contributed by atoms with E-state index in [-0.39, 0.29) is 0 Å². The Morgan fingerprint density at radius 1 is 1.53 bits per heavy atom. The van der Waals surface area contributed by atoms with Crippen molar-refractivity contribution in [2.24, 2.45) is 0 Å². The van der Waals surface area contributed by atoms with Crippen LogP contribution in [0.1, 0.15) is 38.8 Å². The molecule has 0 aromatic carbocycles. The summed E-state index contributed by atoms with van der Waals surface area (Å²) in [5.74, 6) is 0.311. The molecule has 1 aromatic rings. The van der Waals surface area contributed by atoms with Crippen molar-refractivity contribution < 1.29 is 4.79 Å². The maximum atomic E-state index is 11.2. The first-order valence-electron chi connectivity index (χ1n) is 5.40. The zero-order valence-corrected chi connectivity index (χ0v) is 10.9. The average molecular weight is 273 g/mol. The summed E-state index contributed by atoms with van der Waals surface area (Å²) in [6.45, 7) is 4.94. The third-order valence-corrected chi connectivity index (χ3v) is 3.03. The highest BCUT2D eigenvalue weighted by molar-refractivity contribution is 9.10. The van der Waals surface area contributed by atoms with Gasteiger partial charge >= 0.3 is 0 Å². The zero-order valence-electron chi connectivity index (χ0n) is 9.29. The van der Waals surface area contributed by atoms with Crippen molar-refractivity contribution in [3.8, 4) is 0 Å². The highest BCUT2D eigenvalue weighted by Crippen LogP contribution is 2.18. The topological polar surface area (TPSA) is 34.9 Å². The van der Waals surface area contributed by atoms with Gasteiger partial charge in [-0.1, -0.05) is 13.8 Å². The molecule has 1 heterocycles. The Labute approximate surface area is 99.0 Å². The molecule has 0 aliphatic carbocycles. The molecule has 0 aliphatic rings. The maximum absolute atomic E-state index is 11.2. The molecule has 0 saturated carbocycles. The molecule has 0 N–H and O–H groups in total. The lowest BCUT2D eigenvalue weighted by Crippen LogP contribution is -2.07. The third-order valence-electron chi connectivity index (χ3n) is 2.37. The maximum Gasteiger partial charge on any atom is 0.133 e. The van der Waals surface area contributed by atoms with Gasteiger partial charge in [0.25, 0.3) is 0 Å².